The van der Waals surface area contributed by atoms with E-state index in [2.05, 4.69) is 5.32 Å². The predicted octanol–water partition coefficient (Wildman–Crippen LogP) is 5.16. The van der Waals surface area contributed by atoms with Gasteiger partial charge in [-0.3, -0.25) is 14.9 Å². The summed E-state index contributed by atoms with van der Waals surface area (Å²) in [5.41, 5.74) is 3.55. The van der Waals surface area contributed by atoms with Crippen LogP contribution in [0.1, 0.15) is 56.6 Å². The van der Waals surface area contributed by atoms with Crippen LogP contribution in [0.2, 0.25) is 0 Å². The lowest BCUT2D eigenvalue weighted by atomic mass is 9.71. The molecule has 0 bridgehead atoms. The van der Waals surface area contributed by atoms with Crippen LogP contribution in [0.25, 0.3) is 0 Å². The molecule has 4 rings (SSSR count). The second kappa shape index (κ2) is 10.4. The highest BCUT2D eigenvalue weighted by molar-refractivity contribution is 6.04. The maximum atomic E-state index is 13.6. The molecule has 0 amide bonds. The van der Waals surface area contributed by atoms with Crippen molar-refractivity contribution in [3.05, 3.63) is 92.3 Å². The van der Waals surface area contributed by atoms with Gasteiger partial charge in [0.25, 0.3) is 5.69 Å². The third kappa shape index (κ3) is 5.03. The summed E-state index contributed by atoms with van der Waals surface area (Å²) in [6.07, 6.45) is 0.843. The normalized spacial score (nSPS) is 19.6. The first-order chi connectivity index (χ1) is 17.2. The van der Waals surface area contributed by atoms with Gasteiger partial charge in [-0.1, -0.05) is 38.1 Å². The minimum atomic E-state index is -0.745. The van der Waals surface area contributed by atoms with Gasteiger partial charge in [0.05, 0.1) is 24.2 Å². The number of carbonyl (C=O) groups excluding carboxylic acids is 2. The van der Waals surface area contributed by atoms with Crippen LogP contribution in [0.15, 0.2) is 71.1 Å². The van der Waals surface area contributed by atoms with Crippen LogP contribution in [0.4, 0.5) is 5.69 Å². The minimum absolute atomic E-state index is 0.0392. The molecular weight excluding hydrogens is 460 g/mol. The average molecular weight is 491 g/mol. The molecule has 1 heterocycles. The number of carbonyl (C=O) groups is 2. The monoisotopic (exact) mass is 490 g/mol. The molecule has 2 aromatic carbocycles. The number of dihydropyridines is 1. The number of allylic oxidation sites excluding steroid dienone is 3. The van der Waals surface area contributed by atoms with Gasteiger partial charge in [-0.15, -0.1) is 0 Å². The van der Waals surface area contributed by atoms with Crippen LogP contribution in [0.5, 0.6) is 5.75 Å². The van der Waals surface area contributed by atoms with Crippen LogP contribution in [-0.2, 0) is 14.3 Å². The molecule has 188 valence electrons. The Hall–Kier alpha value is -3.94. The molecule has 0 spiro atoms. The number of hydrogen-bond acceptors (Lipinski definition) is 7. The van der Waals surface area contributed by atoms with E-state index in [1.165, 1.54) is 12.1 Å². The first kappa shape index (κ1) is 25.2. The molecule has 8 nitrogen and oxygen atoms in total. The predicted molar refractivity (Wildman–Crippen MR) is 134 cm³/mol. The zero-order valence-corrected chi connectivity index (χ0v) is 20.9. The Morgan fingerprint density at radius 2 is 1.86 bits per heavy atom. The number of ether oxygens (including phenoxy) is 2. The first-order valence-corrected chi connectivity index (χ1v) is 12.0. The summed E-state index contributed by atoms with van der Waals surface area (Å²) in [6, 6.07) is 13.8. The number of esters is 1. The highest BCUT2D eigenvalue weighted by atomic mass is 16.6. The molecule has 0 fully saturated rings. The van der Waals surface area contributed by atoms with Crippen molar-refractivity contribution in [2.24, 2.45) is 5.92 Å². The largest absolute Gasteiger partial charge is 0.497 e. The molecule has 8 heteroatoms. The Labute approximate surface area is 210 Å². The van der Waals surface area contributed by atoms with Crippen LogP contribution in [0.3, 0.4) is 0 Å². The molecule has 1 N–H and O–H groups in total. The van der Waals surface area contributed by atoms with E-state index in [0.29, 0.717) is 28.8 Å². The number of hydrogen-bond donors (Lipinski definition) is 1. The van der Waals surface area contributed by atoms with Crippen molar-refractivity contribution in [3.63, 3.8) is 0 Å². The minimum Gasteiger partial charge on any atom is -0.497 e. The van der Waals surface area contributed by atoms with Crippen LogP contribution in [0, 0.1) is 16.0 Å². The summed E-state index contributed by atoms with van der Waals surface area (Å²) in [7, 11) is 1.61. The van der Waals surface area contributed by atoms with Gasteiger partial charge in [0.15, 0.2) is 5.78 Å². The topological polar surface area (TPSA) is 108 Å². The van der Waals surface area contributed by atoms with Crippen molar-refractivity contribution in [1.29, 1.82) is 0 Å². The summed E-state index contributed by atoms with van der Waals surface area (Å²) in [4.78, 5) is 37.9. The van der Waals surface area contributed by atoms with Crippen molar-refractivity contribution < 1.29 is 24.0 Å². The quantitative estimate of drug-likeness (QED) is 0.324. The zero-order valence-electron chi connectivity index (χ0n) is 20.9. The van der Waals surface area contributed by atoms with Gasteiger partial charge in [0.1, 0.15) is 5.75 Å². The summed E-state index contributed by atoms with van der Waals surface area (Å²) >= 11 is 0. The maximum Gasteiger partial charge on any atom is 0.336 e. The SMILES string of the molecule is COc1ccc([C@H]2CC(=O)C3=C(C2)NC(C)=C(C(=O)OCC(C)C)[C@@H]3c2cccc([N+](=O)[O-])c2)cc1. The Morgan fingerprint density at radius 1 is 1.14 bits per heavy atom. The molecule has 0 aromatic heterocycles. The van der Waals surface area contributed by atoms with Crippen LogP contribution >= 0.6 is 0 Å². The molecule has 0 unspecified atom stereocenters. The molecule has 2 aromatic rings. The average Bonchev–Trinajstić information content (AvgIpc) is 2.86. The number of ketones is 1. The van der Waals surface area contributed by atoms with Crippen molar-refractivity contribution in [1.82, 2.24) is 5.32 Å². The molecule has 1 aliphatic heterocycles. The van der Waals surface area contributed by atoms with E-state index in [1.54, 1.807) is 26.2 Å². The fourth-order valence-corrected chi connectivity index (χ4v) is 4.89. The second-order valence-electron chi connectivity index (χ2n) is 9.63. The molecular formula is C28H30N2O6. The van der Waals surface area contributed by atoms with E-state index in [9.17, 15) is 19.7 Å². The lowest BCUT2D eigenvalue weighted by Gasteiger charge is -2.36. The fourth-order valence-electron chi connectivity index (χ4n) is 4.89. The number of nitro benzene ring substituents is 1. The maximum absolute atomic E-state index is 13.6. The third-order valence-corrected chi connectivity index (χ3v) is 6.60. The number of methoxy groups -OCH3 is 1. The smallest absolute Gasteiger partial charge is 0.336 e. The molecule has 0 radical (unpaired) electrons. The van der Waals surface area contributed by atoms with Gasteiger partial charge in [-0.05, 0) is 48.4 Å². The molecule has 0 saturated heterocycles. The standard InChI is InChI=1S/C28H30N2O6/c1-16(2)15-36-28(32)25-17(3)29-23-13-20(18-8-10-22(35-4)11-9-18)14-24(31)27(23)26(25)19-6-5-7-21(12-19)30(33)34/h5-12,16,20,26,29H,13-15H2,1-4H3/t20-,26+/m1/s1. The number of Topliss-reactive ketones (excluding diaryl/α,β-unsaturated/α-hetero) is 1. The van der Waals surface area contributed by atoms with E-state index in [0.717, 1.165) is 17.0 Å². The number of nitro groups is 1. The van der Waals surface area contributed by atoms with E-state index >= 15 is 0 Å². The highest BCUT2D eigenvalue weighted by Crippen LogP contribution is 2.46. The van der Waals surface area contributed by atoms with Gasteiger partial charge in [-0.25, -0.2) is 4.79 Å². The second-order valence-corrected chi connectivity index (χ2v) is 9.63. The van der Waals surface area contributed by atoms with E-state index < -0.39 is 16.8 Å². The number of nitrogens with zero attached hydrogens (tertiary/aromatic N) is 1. The number of rotatable bonds is 7. The Kier molecular flexibility index (Phi) is 7.24. The van der Waals surface area contributed by atoms with Crippen LogP contribution in [-0.4, -0.2) is 30.4 Å². The molecule has 0 saturated carbocycles. The van der Waals surface area contributed by atoms with Crippen molar-refractivity contribution >= 4 is 17.4 Å². The van der Waals surface area contributed by atoms with Crippen molar-refractivity contribution in [2.75, 3.05) is 13.7 Å². The molecule has 1 aliphatic carbocycles. The number of nitrogens with one attached hydrogen (secondary N) is 1. The van der Waals surface area contributed by atoms with Crippen molar-refractivity contribution in [3.8, 4) is 5.75 Å². The van der Waals surface area contributed by atoms with E-state index in [4.69, 9.17) is 9.47 Å². The number of non-ortho nitro benzene ring substituents is 1. The molecule has 2 atom stereocenters. The number of benzene rings is 2. The van der Waals surface area contributed by atoms with Gasteiger partial charge in [-0.2, -0.15) is 0 Å². The Balaban J connectivity index is 1.77. The molecule has 2 aliphatic rings. The highest BCUT2D eigenvalue weighted by Gasteiger charge is 2.41. The van der Waals surface area contributed by atoms with Crippen molar-refractivity contribution in [2.45, 2.75) is 45.4 Å². The Bertz CT molecular complexity index is 1260. The summed E-state index contributed by atoms with van der Waals surface area (Å²) in [6.45, 7) is 5.89. The summed E-state index contributed by atoms with van der Waals surface area (Å²) in [5.74, 6) is -0.526. The van der Waals surface area contributed by atoms with Gasteiger partial charge in [0, 0.05) is 41.4 Å². The van der Waals surface area contributed by atoms with E-state index in [-0.39, 0.29) is 36.3 Å². The lowest BCUT2D eigenvalue weighted by Crippen LogP contribution is -2.36. The Morgan fingerprint density at radius 3 is 2.50 bits per heavy atom. The zero-order chi connectivity index (χ0) is 26.0. The third-order valence-electron chi connectivity index (χ3n) is 6.60. The van der Waals surface area contributed by atoms with Gasteiger partial charge >= 0.3 is 5.97 Å². The van der Waals surface area contributed by atoms with Gasteiger partial charge < -0.3 is 14.8 Å². The summed E-state index contributed by atoms with van der Waals surface area (Å²) < 4.78 is 10.8. The lowest BCUT2D eigenvalue weighted by molar-refractivity contribution is -0.384. The first-order valence-electron chi connectivity index (χ1n) is 12.0. The fraction of sp³-hybridized carbons (Fsp3) is 0.357. The van der Waals surface area contributed by atoms with E-state index in [1.807, 2.05) is 38.1 Å². The molecule has 36 heavy (non-hydrogen) atoms. The van der Waals surface area contributed by atoms with Gasteiger partial charge in [0.2, 0.25) is 0 Å². The van der Waals surface area contributed by atoms with Crippen LogP contribution < -0.4 is 10.1 Å². The summed E-state index contributed by atoms with van der Waals surface area (Å²) in [5, 5.41) is 14.8.